The van der Waals surface area contributed by atoms with Gasteiger partial charge in [0.2, 0.25) is 11.7 Å². The predicted octanol–water partition coefficient (Wildman–Crippen LogP) is 3.93. The van der Waals surface area contributed by atoms with Crippen molar-refractivity contribution < 1.29 is 9.32 Å². The van der Waals surface area contributed by atoms with E-state index < -0.39 is 0 Å². The van der Waals surface area contributed by atoms with Crippen molar-refractivity contribution in [3.8, 4) is 11.4 Å². The molecule has 0 saturated carbocycles. The van der Waals surface area contributed by atoms with E-state index in [0.717, 1.165) is 5.56 Å². The first kappa shape index (κ1) is 18.1. The van der Waals surface area contributed by atoms with Crippen molar-refractivity contribution in [2.75, 3.05) is 11.5 Å². The quantitative estimate of drug-likeness (QED) is 0.697. The fourth-order valence-corrected chi connectivity index (χ4v) is 5.57. The van der Waals surface area contributed by atoms with Gasteiger partial charge >= 0.3 is 0 Å². The van der Waals surface area contributed by atoms with Crippen LogP contribution < -0.4 is 5.32 Å². The summed E-state index contributed by atoms with van der Waals surface area (Å²) in [7, 11) is 0. The molecule has 3 aromatic rings. The van der Waals surface area contributed by atoms with Gasteiger partial charge in [0.05, 0.1) is 11.1 Å². The van der Waals surface area contributed by atoms with Gasteiger partial charge in [-0.3, -0.25) is 9.78 Å². The minimum absolute atomic E-state index is 0.158. The van der Waals surface area contributed by atoms with Gasteiger partial charge in [0, 0.05) is 23.5 Å². The van der Waals surface area contributed by atoms with Crippen molar-refractivity contribution in [2.45, 2.75) is 17.5 Å². The third-order valence-electron chi connectivity index (χ3n) is 4.08. The zero-order valence-corrected chi connectivity index (χ0v) is 16.1. The molecule has 138 valence electrons. The molecule has 1 fully saturated rings. The van der Waals surface area contributed by atoms with E-state index in [2.05, 4.69) is 20.4 Å². The van der Waals surface area contributed by atoms with Crippen LogP contribution in [0.4, 0.5) is 0 Å². The van der Waals surface area contributed by atoms with Crippen molar-refractivity contribution in [1.29, 1.82) is 0 Å². The number of carbonyl (C=O) groups is 1. The Morgan fingerprint density at radius 2 is 1.85 bits per heavy atom. The minimum Gasteiger partial charge on any atom is -0.343 e. The normalized spacial score (nSPS) is 14.8. The van der Waals surface area contributed by atoms with Crippen LogP contribution in [0.3, 0.4) is 0 Å². The summed E-state index contributed by atoms with van der Waals surface area (Å²) in [6.07, 6.45) is 4.60. The predicted molar refractivity (Wildman–Crippen MR) is 107 cm³/mol. The number of nitrogens with zero attached hydrogens (tertiary/aromatic N) is 3. The van der Waals surface area contributed by atoms with Crippen LogP contribution >= 0.6 is 23.5 Å². The Morgan fingerprint density at radius 3 is 2.59 bits per heavy atom. The van der Waals surface area contributed by atoms with E-state index in [1.165, 1.54) is 23.5 Å². The van der Waals surface area contributed by atoms with Crippen LogP contribution in [-0.2, 0) is 6.54 Å². The monoisotopic (exact) mass is 398 g/mol. The zero-order chi connectivity index (χ0) is 18.5. The summed E-state index contributed by atoms with van der Waals surface area (Å²) >= 11 is 3.94. The molecular weight excluding hydrogens is 380 g/mol. The molecule has 0 atom stereocenters. The van der Waals surface area contributed by atoms with Gasteiger partial charge in [-0.05, 0) is 47.8 Å². The molecule has 1 aliphatic rings. The van der Waals surface area contributed by atoms with E-state index in [0.29, 0.717) is 21.9 Å². The lowest BCUT2D eigenvalue weighted by molar-refractivity contribution is 0.0946. The highest BCUT2D eigenvalue weighted by atomic mass is 32.2. The molecule has 27 heavy (non-hydrogen) atoms. The first-order valence-corrected chi connectivity index (χ1v) is 10.7. The summed E-state index contributed by atoms with van der Waals surface area (Å²) < 4.78 is 5.68. The van der Waals surface area contributed by atoms with Gasteiger partial charge in [0.25, 0.3) is 5.91 Å². The first-order chi connectivity index (χ1) is 13.3. The summed E-state index contributed by atoms with van der Waals surface area (Å²) in [6, 6.07) is 11.4. The Kier molecular flexibility index (Phi) is 5.74. The molecule has 1 aromatic carbocycles. The smallest absolute Gasteiger partial charge is 0.251 e. The maximum absolute atomic E-state index is 12.4. The summed E-state index contributed by atoms with van der Waals surface area (Å²) in [5, 5.41) is 6.75. The first-order valence-electron chi connectivity index (χ1n) is 8.64. The van der Waals surface area contributed by atoms with Crippen LogP contribution in [0.2, 0.25) is 0 Å². The number of hydrogen-bond acceptors (Lipinski definition) is 7. The second kappa shape index (κ2) is 8.58. The maximum Gasteiger partial charge on any atom is 0.251 e. The summed E-state index contributed by atoms with van der Waals surface area (Å²) in [5.41, 5.74) is 2.71. The lowest BCUT2D eigenvalue weighted by Crippen LogP contribution is -2.22. The van der Waals surface area contributed by atoms with Crippen LogP contribution in [0, 0.1) is 0 Å². The molecule has 0 unspecified atom stereocenters. The third kappa shape index (κ3) is 4.51. The molecule has 0 aliphatic carbocycles. The second-order valence-corrected chi connectivity index (χ2v) is 8.70. The Labute approximate surface area is 165 Å². The van der Waals surface area contributed by atoms with Gasteiger partial charge in [0.1, 0.15) is 0 Å². The molecule has 2 aromatic heterocycles. The van der Waals surface area contributed by atoms with Crippen molar-refractivity contribution in [1.82, 2.24) is 20.4 Å². The Hall–Kier alpha value is -2.32. The molecule has 6 nitrogen and oxygen atoms in total. The molecule has 8 heteroatoms. The SMILES string of the molecule is O=C(NCc1nc(-c2ccncc2)no1)c1ccc(C2SCCCS2)cc1. The molecule has 0 spiro atoms. The largest absolute Gasteiger partial charge is 0.343 e. The van der Waals surface area contributed by atoms with E-state index in [1.54, 1.807) is 24.5 Å². The number of carbonyl (C=O) groups excluding carboxylic acids is 1. The van der Waals surface area contributed by atoms with Crippen LogP contribution in [0.1, 0.15) is 32.8 Å². The van der Waals surface area contributed by atoms with E-state index >= 15 is 0 Å². The van der Waals surface area contributed by atoms with Gasteiger partial charge in [0.15, 0.2) is 0 Å². The number of amides is 1. The Bertz CT molecular complexity index is 894. The molecule has 1 amide bonds. The van der Waals surface area contributed by atoms with Crippen molar-refractivity contribution in [3.63, 3.8) is 0 Å². The lowest BCUT2D eigenvalue weighted by atomic mass is 10.1. The van der Waals surface area contributed by atoms with Crippen LogP contribution in [-0.4, -0.2) is 32.5 Å². The van der Waals surface area contributed by atoms with E-state index in [-0.39, 0.29) is 12.5 Å². The molecule has 1 aliphatic heterocycles. The number of pyridine rings is 1. The summed E-state index contributed by atoms with van der Waals surface area (Å²) in [6.45, 7) is 0.187. The number of nitrogens with one attached hydrogen (secondary N) is 1. The fraction of sp³-hybridized carbons (Fsp3) is 0.263. The highest BCUT2D eigenvalue weighted by Crippen LogP contribution is 2.43. The Balaban J connectivity index is 1.35. The lowest BCUT2D eigenvalue weighted by Gasteiger charge is -2.21. The van der Waals surface area contributed by atoms with Crippen molar-refractivity contribution in [2.24, 2.45) is 0 Å². The van der Waals surface area contributed by atoms with Gasteiger partial charge in [-0.2, -0.15) is 4.98 Å². The van der Waals surface area contributed by atoms with Crippen LogP contribution in [0.5, 0.6) is 0 Å². The van der Waals surface area contributed by atoms with E-state index in [1.807, 2.05) is 47.8 Å². The van der Waals surface area contributed by atoms with Gasteiger partial charge in [-0.15, -0.1) is 23.5 Å². The zero-order valence-electron chi connectivity index (χ0n) is 14.5. The van der Waals surface area contributed by atoms with Crippen LogP contribution in [0.15, 0.2) is 53.3 Å². The number of aromatic nitrogens is 3. The maximum atomic E-state index is 12.4. The average molecular weight is 399 g/mol. The molecule has 0 bridgehead atoms. The Morgan fingerprint density at radius 1 is 1.11 bits per heavy atom. The van der Waals surface area contributed by atoms with Crippen LogP contribution in [0.25, 0.3) is 11.4 Å². The highest BCUT2D eigenvalue weighted by Gasteiger charge is 2.17. The standard InChI is InChI=1S/C19H18N4O2S2/c24-18(14-2-4-15(5-3-14)19-26-10-1-11-27-19)21-12-16-22-17(23-25-16)13-6-8-20-9-7-13/h2-9,19H,1,10-12H2,(H,21,24). The summed E-state index contributed by atoms with van der Waals surface area (Å²) in [4.78, 5) is 20.6. The molecular formula is C19H18N4O2S2. The molecule has 1 saturated heterocycles. The number of hydrogen-bond donors (Lipinski definition) is 1. The number of thioether (sulfide) groups is 2. The van der Waals surface area contributed by atoms with Gasteiger partial charge in [-0.25, -0.2) is 0 Å². The summed E-state index contributed by atoms with van der Waals surface area (Å²) in [5.74, 6) is 3.08. The molecule has 3 heterocycles. The van der Waals surface area contributed by atoms with Crippen molar-refractivity contribution >= 4 is 29.4 Å². The molecule has 4 rings (SSSR count). The topological polar surface area (TPSA) is 80.9 Å². The van der Waals surface area contributed by atoms with E-state index in [4.69, 9.17) is 4.52 Å². The molecule has 0 radical (unpaired) electrons. The number of rotatable bonds is 5. The third-order valence-corrected chi connectivity index (χ3v) is 7.09. The highest BCUT2D eigenvalue weighted by molar-refractivity contribution is 8.16. The van der Waals surface area contributed by atoms with Crippen molar-refractivity contribution in [3.05, 3.63) is 65.8 Å². The van der Waals surface area contributed by atoms with Gasteiger partial charge in [-0.1, -0.05) is 17.3 Å². The minimum atomic E-state index is -0.158. The van der Waals surface area contributed by atoms with Gasteiger partial charge < -0.3 is 9.84 Å². The van der Waals surface area contributed by atoms with E-state index in [9.17, 15) is 4.79 Å². The average Bonchev–Trinajstić information content (AvgIpc) is 3.22. The second-order valence-electron chi connectivity index (χ2n) is 5.98. The molecule has 1 N–H and O–H groups in total. The fourth-order valence-electron chi connectivity index (χ4n) is 2.67. The number of benzene rings is 1.